The summed E-state index contributed by atoms with van der Waals surface area (Å²) in [5.41, 5.74) is 5.12. The van der Waals surface area contributed by atoms with Gasteiger partial charge >= 0.3 is 0 Å². The van der Waals surface area contributed by atoms with Crippen LogP contribution in [0.4, 0.5) is 0 Å². The van der Waals surface area contributed by atoms with E-state index in [-0.39, 0.29) is 17.4 Å². The fourth-order valence-corrected chi connectivity index (χ4v) is 5.40. The number of phenols is 1. The van der Waals surface area contributed by atoms with Crippen LogP contribution in [0.15, 0.2) is 29.1 Å². The molecule has 1 aliphatic carbocycles. The molecule has 1 aromatic carbocycles. The minimum atomic E-state index is 0.0351. The Morgan fingerprint density at radius 2 is 2.00 bits per heavy atom. The second kappa shape index (κ2) is 7.58. The number of H-pyrrole nitrogens is 1. The molecule has 6 nitrogen and oxygen atoms in total. The van der Waals surface area contributed by atoms with Crippen molar-refractivity contribution in [3.8, 4) is 5.75 Å². The molecular weight excluding hydrogens is 376 g/mol. The van der Waals surface area contributed by atoms with Crippen molar-refractivity contribution in [2.24, 2.45) is 0 Å². The summed E-state index contributed by atoms with van der Waals surface area (Å²) in [7, 11) is 0. The molecule has 1 atom stereocenters. The second-order valence-electron chi connectivity index (χ2n) is 9.04. The van der Waals surface area contributed by atoms with Crippen molar-refractivity contribution in [3.05, 3.63) is 57.0 Å². The lowest BCUT2D eigenvalue weighted by Gasteiger charge is -2.27. The second-order valence-corrected chi connectivity index (χ2v) is 9.04. The summed E-state index contributed by atoms with van der Waals surface area (Å²) in [4.78, 5) is 18.6. The predicted molar refractivity (Wildman–Crippen MR) is 118 cm³/mol. The van der Waals surface area contributed by atoms with Crippen LogP contribution in [0.25, 0.3) is 11.0 Å². The van der Waals surface area contributed by atoms with Crippen molar-refractivity contribution in [2.75, 3.05) is 6.54 Å². The average molecular weight is 407 g/mol. The van der Waals surface area contributed by atoms with Gasteiger partial charge in [0.05, 0.1) is 18.3 Å². The Kier molecular flexibility index (Phi) is 4.89. The quantitative estimate of drug-likeness (QED) is 0.689. The Morgan fingerprint density at radius 3 is 2.77 bits per heavy atom. The van der Waals surface area contributed by atoms with E-state index in [1.54, 1.807) is 12.1 Å². The van der Waals surface area contributed by atoms with Crippen LogP contribution in [0, 0.1) is 0 Å². The first-order chi connectivity index (χ1) is 14.5. The van der Waals surface area contributed by atoms with Gasteiger partial charge < -0.3 is 10.1 Å². The minimum Gasteiger partial charge on any atom is -0.508 e. The first-order valence-corrected chi connectivity index (χ1v) is 11.2. The Labute approximate surface area is 176 Å². The number of nitrogens with one attached hydrogen (secondary N) is 1. The SMILES string of the molecule is CC(C)N1CCC[C@@H]1c1nn(Cc2cccc(O)c2)c2[nH]c(=O)c3c(c12)CCCC3. The Bertz CT molecular complexity index is 1140. The lowest BCUT2D eigenvalue weighted by Crippen LogP contribution is -2.30. The van der Waals surface area contributed by atoms with E-state index in [9.17, 15) is 9.90 Å². The van der Waals surface area contributed by atoms with Crippen LogP contribution in [0.3, 0.4) is 0 Å². The van der Waals surface area contributed by atoms with E-state index in [2.05, 4.69) is 23.7 Å². The maximum absolute atomic E-state index is 12.9. The maximum Gasteiger partial charge on any atom is 0.253 e. The molecule has 1 saturated heterocycles. The molecule has 0 radical (unpaired) electrons. The van der Waals surface area contributed by atoms with Gasteiger partial charge in [0.25, 0.3) is 5.56 Å². The summed E-state index contributed by atoms with van der Waals surface area (Å²) in [6.45, 7) is 6.12. The number of hydrogen-bond acceptors (Lipinski definition) is 4. The van der Waals surface area contributed by atoms with E-state index >= 15 is 0 Å². The summed E-state index contributed by atoms with van der Waals surface area (Å²) in [5.74, 6) is 0.247. The standard InChI is InChI=1S/C24H30N4O2/c1-15(2)27-12-6-11-20(27)22-21-18-9-3-4-10-19(18)24(30)25-23(21)28(26-22)14-16-7-5-8-17(29)13-16/h5,7-8,13,15,20,29H,3-4,6,9-12,14H2,1-2H3,(H,25,30)/t20-/m1/s1. The van der Waals surface area contributed by atoms with Crippen molar-refractivity contribution < 1.29 is 5.11 Å². The van der Waals surface area contributed by atoms with Crippen molar-refractivity contribution >= 4 is 11.0 Å². The summed E-state index contributed by atoms with van der Waals surface area (Å²) in [6, 6.07) is 8.02. The van der Waals surface area contributed by atoms with Gasteiger partial charge in [-0.3, -0.25) is 9.69 Å². The number of aromatic nitrogens is 3. The lowest BCUT2D eigenvalue weighted by molar-refractivity contribution is 0.202. The Hall–Kier alpha value is -2.60. The molecule has 0 saturated carbocycles. The van der Waals surface area contributed by atoms with E-state index in [0.29, 0.717) is 12.6 Å². The smallest absolute Gasteiger partial charge is 0.253 e. The molecule has 6 heteroatoms. The number of benzene rings is 1. The van der Waals surface area contributed by atoms with Crippen molar-refractivity contribution in [1.82, 2.24) is 19.7 Å². The molecule has 3 aromatic rings. The summed E-state index contributed by atoms with van der Waals surface area (Å²) < 4.78 is 1.94. The van der Waals surface area contributed by atoms with Crippen LogP contribution in [-0.4, -0.2) is 37.4 Å². The number of aryl methyl sites for hydroxylation is 1. The first kappa shape index (κ1) is 19.4. The third-order valence-electron chi connectivity index (χ3n) is 6.77. The molecule has 3 heterocycles. The average Bonchev–Trinajstić information content (AvgIpc) is 3.34. The summed E-state index contributed by atoms with van der Waals surface area (Å²) >= 11 is 0. The number of likely N-dealkylation sites (tertiary alicyclic amines) is 1. The number of rotatable bonds is 4. The topological polar surface area (TPSA) is 74.2 Å². The number of fused-ring (bicyclic) bond motifs is 3. The molecule has 5 rings (SSSR count). The molecule has 2 aromatic heterocycles. The molecule has 0 amide bonds. The van der Waals surface area contributed by atoms with Crippen LogP contribution in [0.1, 0.15) is 68.0 Å². The van der Waals surface area contributed by atoms with E-state index in [0.717, 1.165) is 61.1 Å². The highest BCUT2D eigenvalue weighted by atomic mass is 16.3. The number of pyridine rings is 1. The predicted octanol–water partition coefficient (Wildman–Crippen LogP) is 3.90. The summed E-state index contributed by atoms with van der Waals surface area (Å²) in [5, 5.41) is 16.2. The molecule has 2 aliphatic rings. The highest BCUT2D eigenvalue weighted by Crippen LogP contribution is 2.39. The van der Waals surface area contributed by atoms with Crippen LogP contribution in [0.5, 0.6) is 5.75 Å². The van der Waals surface area contributed by atoms with Crippen molar-refractivity contribution in [1.29, 1.82) is 0 Å². The van der Waals surface area contributed by atoms with Gasteiger partial charge in [-0.1, -0.05) is 12.1 Å². The van der Waals surface area contributed by atoms with E-state index in [1.807, 2.05) is 16.8 Å². The normalized spacial score (nSPS) is 19.6. The van der Waals surface area contributed by atoms with Gasteiger partial charge in [-0.15, -0.1) is 0 Å². The zero-order chi connectivity index (χ0) is 20.8. The number of nitrogens with zero attached hydrogens (tertiary/aromatic N) is 3. The molecule has 0 bridgehead atoms. The monoisotopic (exact) mass is 406 g/mol. The molecule has 2 N–H and O–H groups in total. The molecule has 30 heavy (non-hydrogen) atoms. The van der Waals surface area contributed by atoms with Crippen LogP contribution in [-0.2, 0) is 19.4 Å². The maximum atomic E-state index is 12.9. The van der Waals surface area contributed by atoms with Gasteiger partial charge in [-0.25, -0.2) is 4.68 Å². The Morgan fingerprint density at radius 1 is 1.20 bits per heavy atom. The van der Waals surface area contributed by atoms with Gasteiger partial charge in [0.15, 0.2) is 0 Å². The Balaban J connectivity index is 1.71. The fourth-order valence-electron chi connectivity index (χ4n) is 5.40. The number of aromatic amines is 1. The number of aromatic hydroxyl groups is 1. The molecule has 0 spiro atoms. The van der Waals surface area contributed by atoms with E-state index < -0.39 is 0 Å². The van der Waals surface area contributed by atoms with Crippen LogP contribution >= 0.6 is 0 Å². The lowest BCUT2D eigenvalue weighted by atomic mass is 9.89. The number of hydrogen-bond donors (Lipinski definition) is 2. The zero-order valence-corrected chi connectivity index (χ0v) is 17.8. The molecule has 0 unspecified atom stereocenters. The minimum absolute atomic E-state index is 0.0351. The molecular formula is C24H30N4O2. The van der Waals surface area contributed by atoms with E-state index in [1.165, 1.54) is 17.4 Å². The van der Waals surface area contributed by atoms with Gasteiger partial charge in [0.2, 0.25) is 0 Å². The highest BCUT2D eigenvalue weighted by Gasteiger charge is 2.33. The van der Waals surface area contributed by atoms with Crippen LogP contribution in [0.2, 0.25) is 0 Å². The van der Waals surface area contributed by atoms with Gasteiger partial charge in [0, 0.05) is 17.0 Å². The largest absolute Gasteiger partial charge is 0.508 e. The van der Waals surface area contributed by atoms with Gasteiger partial charge in [0.1, 0.15) is 11.4 Å². The number of phenolic OH excluding ortho intramolecular Hbond substituents is 1. The molecule has 1 fully saturated rings. The zero-order valence-electron chi connectivity index (χ0n) is 17.8. The molecule has 158 valence electrons. The van der Waals surface area contributed by atoms with Gasteiger partial charge in [-0.05, 0) is 82.2 Å². The highest BCUT2D eigenvalue weighted by molar-refractivity contribution is 5.84. The third kappa shape index (κ3) is 3.23. The molecule has 1 aliphatic heterocycles. The van der Waals surface area contributed by atoms with Crippen molar-refractivity contribution in [2.45, 2.75) is 71.0 Å². The van der Waals surface area contributed by atoms with Gasteiger partial charge in [-0.2, -0.15) is 5.10 Å². The van der Waals surface area contributed by atoms with E-state index in [4.69, 9.17) is 5.10 Å². The van der Waals surface area contributed by atoms with Crippen LogP contribution < -0.4 is 5.56 Å². The third-order valence-corrected chi connectivity index (χ3v) is 6.77. The van der Waals surface area contributed by atoms with Crippen molar-refractivity contribution in [3.63, 3.8) is 0 Å². The first-order valence-electron chi connectivity index (χ1n) is 11.2. The summed E-state index contributed by atoms with van der Waals surface area (Å²) in [6.07, 6.45) is 6.29. The fraction of sp³-hybridized carbons (Fsp3) is 0.500.